The average Bonchev–Trinajstić information content (AvgIpc) is 3.41. The number of ether oxygens (including phenoxy) is 2. The third-order valence-electron chi connectivity index (χ3n) is 5.98. The summed E-state index contributed by atoms with van der Waals surface area (Å²) in [6, 6.07) is 9.88. The molecule has 0 N–H and O–H groups in total. The van der Waals surface area contributed by atoms with Gasteiger partial charge in [-0.2, -0.15) is 10.1 Å². The summed E-state index contributed by atoms with van der Waals surface area (Å²) < 4.78 is 13.2. The van der Waals surface area contributed by atoms with Crippen LogP contribution in [0.5, 0.6) is 5.75 Å². The Morgan fingerprint density at radius 1 is 1.03 bits per heavy atom. The molecule has 3 aromatic rings. The number of rotatable bonds is 5. The first-order valence-corrected chi connectivity index (χ1v) is 11.0. The van der Waals surface area contributed by atoms with Crippen LogP contribution < -0.4 is 14.5 Å². The van der Waals surface area contributed by atoms with Gasteiger partial charge >= 0.3 is 0 Å². The van der Waals surface area contributed by atoms with Crippen molar-refractivity contribution in [2.45, 2.75) is 0 Å². The van der Waals surface area contributed by atoms with Crippen molar-refractivity contribution in [3.8, 4) is 22.7 Å². The fourth-order valence-corrected chi connectivity index (χ4v) is 4.09. The number of morpholine rings is 1. The van der Waals surface area contributed by atoms with E-state index >= 15 is 0 Å². The molecule has 0 bridgehead atoms. The number of likely N-dealkylation sites (N-methyl/N-ethyl adjacent to an activating group) is 1. The van der Waals surface area contributed by atoms with Gasteiger partial charge in [-0.3, -0.25) is 4.79 Å². The van der Waals surface area contributed by atoms with Crippen molar-refractivity contribution >= 4 is 17.7 Å². The van der Waals surface area contributed by atoms with Gasteiger partial charge in [-0.15, -0.1) is 0 Å². The van der Waals surface area contributed by atoms with Gasteiger partial charge < -0.3 is 24.2 Å². The van der Waals surface area contributed by atoms with E-state index in [2.05, 4.69) is 10.00 Å². The van der Waals surface area contributed by atoms with E-state index < -0.39 is 0 Å². The molecule has 0 atom stereocenters. The second-order valence-corrected chi connectivity index (χ2v) is 8.07. The number of piperazine rings is 1. The molecule has 2 fully saturated rings. The molecule has 2 saturated heterocycles. The Bertz CT molecular complexity index is 1130. The molecule has 10 nitrogen and oxygen atoms in total. The van der Waals surface area contributed by atoms with Crippen LogP contribution in [0.15, 0.2) is 42.7 Å². The van der Waals surface area contributed by atoms with E-state index in [0.717, 1.165) is 17.1 Å². The van der Waals surface area contributed by atoms with E-state index in [1.807, 2.05) is 48.5 Å². The Morgan fingerprint density at radius 3 is 2.61 bits per heavy atom. The first-order valence-electron chi connectivity index (χ1n) is 11.0. The van der Waals surface area contributed by atoms with Gasteiger partial charge in [-0.25, -0.2) is 9.67 Å². The van der Waals surface area contributed by atoms with Gasteiger partial charge in [0.1, 0.15) is 5.69 Å². The number of carbonyl (C=O) groups is 1. The van der Waals surface area contributed by atoms with E-state index in [1.54, 1.807) is 22.9 Å². The maximum absolute atomic E-state index is 12.4. The molecule has 1 aromatic carbocycles. The molecule has 0 unspecified atom stereocenters. The van der Waals surface area contributed by atoms with Crippen LogP contribution in [-0.2, 0) is 9.53 Å². The minimum absolute atomic E-state index is 0.0517. The highest BCUT2D eigenvalue weighted by molar-refractivity contribution is 5.83. The highest BCUT2D eigenvalue weighted by Crippen LogP contribution is 2.38. The van der Waals surface area contributed by atoms with E-state index in [4.69, 9.17) is 19.4 Å². The number of carbonyl (C=O) groups excluding carboxylic acids is 1. The molecule has 2 aliphatic rings. The number of hydrogen-bond acceptors (Lipinski definition) is 8. The topological polar surface area (TPSA) is 88.8 Å². The summed E-state index contributed by atoms with van der Waals surface area (Å²) in [5.41, 5.74) is 2.49. The van der Waals surface area contributed by atoms with Gasteiger partial charge in [-0.1, -0.05) is 12.1 Å². The van der Waals surface area contributed by atoms with E-state index in [-0.39, 0.29) is 12.5 Å². The third kappa shape index (κ3) is 4.21. The summed E-state index contributed by atoms with van der Waals surface area (Å²) in [6.45, 7) is 4.22. The lowest BCUT2D eigenvalue weighted by Gasteiger charge is -2.34. The maximum atomic E-state index is 12.4. The van der Waals surface area contributed by atoms with Crippen molar-refractivity contribution < 1.29 is 14.3 Å². The van der Waals surface area contributed by atoms with Crippen molar-refractivity contribution in [2.24, 2.45) is 0 Å². The lowest BCUT2D eigenvalue weighted by atomic mass is 10.1. The van der Waals surface area contributed by atoms with Gasteiger partial charge in [0.2, 0.25) is 11.9 Å². The Hall–Kier alpha value is -3.66. The van der Waals surface area contributed by atoms with E-state index in [0.29, 0.717) is 56.8 Å². The lowest BCUT2D eigenvalue weighted by Crippen LogP contribution is -2.49. The van der Waals surface area contributed by atoms with Gasteiger partial charge in [-0.05, 0) is 18.2 Å². The van der Waals surface area contributed by atoms with Crippen LogP contribution in [0.25, 0.3) is 16.9 Å². The Balaban J connectivity index is 1.63. The van der Waals surface area contributed by atoms with Crippen molar-refractivity contribution in [2.75, 3.05) is 69.9 Å². The fourth-order valence-electron chi connectivity index (χ4n) is 4.09. The SMILES string of the molecule is COc1c(-c2cccc(-n3cccn3)c2)nc(N2CCN(C)C(=O)C2)nc1N1CCOCC1. The molecule has 0 saturated carbocycles. The van der Waals surface area contributed by atoms with Crippen molar-refractivity contribution in [1.29, 1.82) is 0 Å². The van der Waals surface area contributed by atoms with Crippen LogP contribution in [0.3, 0.4) is 0 Å². The number of amides is 1. The fraction of sp³-hybridized carbons (Fsp3) is 0.391. The summed E-state index contributed by atoms with van der Waals surface area (Å²) in [4.78, 5) is 28.0. The van der Waals surface area contributed by atoms with Crippen LogP contribution >= 0.6 is 0 Å². The normalized spacial score (nSPS) is 16.9. The summed E-state index contributed by atoms with van der Waals surface area (Å²) >= 11 is 0. The third-order valence-corrected chi connectivity index (χ3v) is 5.98. The minimum atomic E-state index is 0.0517. The summed E-state index contributed by atoms with van der Waals surface area (Å²) in [7, 11) is 3.46. The van der Waals surface area contributed by atoms with Crippen LogP contribution in [0.4, 0.5) is 11.8 Å². The van der Waals surface area contributed by atoms with Gasteiger partial charge in [0.15, 0.2) is 11.6 Å². The molecule has 0 aliphatic carbocycles. The van der Waals surface area contributed by atoms with Crippen molar-refractivity contribution in [3.63, 3.8) is 0 Å². The first kappa shape index (κ1) is 21.2. The predicted octanol–water partition coefficient (Wildman–Crippen LogP) is 1.45. The number of benzene rings is 1. The molecule has 2 aliphatic heterocycles. The lowest BCUT2D eigenvalue weighted by molar-refractivity contribution is -0.129. The highest BCUT2D eigenvalue weighted by Gasteiger charge is 2.28. The van der Waals surface area contributed by atoms with Gasteiger partial charge in [0, 0.05) is 51.2 Å². The maximum Gasteiger partial charge on any atom is 0.242 e. The first-order chi connectivity index (χ1) is 16.1. The molecule has 33 heavy (non-hydrogen) atoms. The van der Waals surface area contributed by atoms with Crippen molar-refractivity contribution in [3.05, 3.63) is 42.7 Å². The molecular formula is C23H27N7O3. The molecule has 0 radical (unpaired) electrons. The largest absolute Gasteiger partial charge is 0.491 e. The van der Waals surface area contributed by atoms with E-state index in [1.165, 1.54) is 0 Å². The Labute approximate surface area is 192 Å². The van der Waals surface area contributed by atoms with Gasteiger partial charge in [0.25, 0.3) is 0 Å². The molecule has 1 amide bonds. The summed E-state index contributed by atoms with van der Waals surface area (Å²) in [5.74, 6) is 1.91. The molecule has 10 heteroatoms. The Morgan fingerprint density at radius 2 is 1.88 bits per heavy atom. The molecular weight excluding hydrogens is 422 g/mol. The monoisotopic (exact) mass is 449 g/mol. The summed E-state index contributed by atoms with van der Waals surface area (Å²) in [6.07, 6.45) is 3.65. The highest BCUT2D eigenvalue weighted by atomic mass is 16.5. The number of methoxy groups -OCH3 is 1. The second kappa shape index (κ2) is 9.07. The molecule has 2 aromatic heterocycles. The van der Waals surface area contributed by atoms with Crippen molar-refractivity contribution in [1.82, 2.24) is 24.6 Å². The van der Waals surface area contributed by atoms with Gasteiger partial charge in [0.05, 0.1) is 32.6 Å². The standard InChI is InChI=1S/C23H27N7O3/c1-27-9-10-29(16-19(27)31)23-25-20(17-5-3-6-18(15-17)30-8-4-7-24-30)21(32-2)22(26-23)28-11-13-33-14-12-28/h3-8,15H,9-14,16H2,1-2H3. The number of aromatic nitrogens is 4. The average molecular weight is 450 g/mol. The minimum Gasteiger partial charge on any atom is -0.491 e. The van der Waals surface area contributed by atoms with Crippen LogP contribution in [0.1, 0.15) is 0 Å². The molecule has 5 rings (SSSR count). The Kier molecular flexibility index (Phi) is 5.82. The molecule has 4 heterocycles. The zero-order chi connectivity index (χ0) is 22.8. The quantitative estimate of drug-likeness (QED) is 0.578. The second-order valence-electron chi connectivity index (χ2n) is 8.07. The smallest absolute Gasteiger partial charge is 0.242 e. The zero-order valence-electron chi connectivity index (χ0n) is 18.8. The summed E-state index contributed by atoms with van der Waals surface area (Å²) in [5, 5.41) is 4.34. The van der Waals surface area contributed by atoms with E-state index in [9.17, 15) is 4.79 Å². The van der Waals surface area contributed by atoms with Crippen LogP contribution in [0, 0.1) is 0 Å². The molecule has 172 valence electrons. The molecule has 0 spiro atoms. The number of hydrogen-bond donors (Lipinski definition) is 0. The van der Waals surface area contributed by atoms with Crippen LogP contribution in [0.2, 0.25) is 0 Å². The zero-order valence-corrected chi connectivity index (χ0v) is 18.8. The number of anilines is 2. The van der Waals surface area contributed by atoms with Crippen LogP contribution in [-0.4, -0.2) is 90.7 Å². The number of nitrogens with zero attached hydrogens (tertiary/aromatic N) is 7. The predicted molar refractivity (Wildman–Crippen MR) is 124 cm³/mol.